The maximum Gasteiger partial charge on any atom is 0.411 e. The summed E-state index contributed by atoms with van der Waals surface area (Å²) in [6.45, 7) is 6.33. The van der Waals surface area contributed by atoms with Crippen LogP contribution in [0.5, 0.6) is 0 Å². The maximum atomic E-state index is 12.0. The highest BCUT2D eigenvalue weighted by atomic mass is 19.4. The molecule has 5 heteroatoms. The fraction of sp³-hybridized carbons (Fsp3) is 1.00. The molecule has 0 aromatic carbocycles. The quantitative estimate of drug-likeness (QED) is 0.575. The summed E-state index contributed by atoms with van der Waals surface area (Å²) in [7, 11) is 0. The smallest absolute Gasteiger partial charge is 0.372 e. The first kappa shape index (κ1) is 18.7. The van der Waals surface area contributed by atoms with Crippen LogP contribution in [0.3, 0.4) is 0 Å². The fourth-order valence-corrected chi connectivity index (χ4v) is 2.09. The van der Waals surface area contributed by atoms with Crippen molar-refractivity contribution in [2.45, 2.75) is 65.1 Å². The van der Waals surface area contributed by atoms with E-state index in [1.807, 2.05) is 0 Å². The Bertz CT molecular complexity index is 205. The standard InChI is InChI=1S/C14H28F3NO/c1-4-8-18-13(10-12(5-2)6-3)7-9-19-11-14(15,16)17/h12-13,18H,4-11H2,1-3H3. The lowest BCUT2D eigenvalue weighted by Gasteiger charge is -2.23. The third kappa shape index (κ3) is 11.3. The van der Waals surface area contributed by atoms with E-state index >= 15 is 0 Å². The SMILES string of the molecule is CCCNC(CCOCC(F)(F)F)CC(CC)CC. The zero-order chi connectivity index (χ0) is 14.7. The third-order valence-corrected chi connectivity index (χ3v) is 3.33. The number of ether oxygens (including phenoxy) is 1. The van der Waals surface area contributed by atoms with E-state index in [0.29, 0.717) is 12.3 Å². The summed E-state index contributed by atoms with van der Waals surface area (Å²) in [6, 6.07) is 0.262. The Hall–Kier alpha value is -0.290. The monoisotopic (exact) mass is 283 g/mol. The summed E-state index contributed by atoms with van der Waals surface area (Å²) in [4.78, 5) is 0. The van der Waals surface area contributed by atoms with Crippen LogP contribution in [0.4, 0.5) is 13.2 Å². The zero-order valence-electron chi connectivity index (χ0n) is 12.4. The molecule has 0 heterocycles. The molecule has 0 spiro atoms. The van der Waals surface area contributed by atoms with Gasteiger partial charge in [-0.25, -0.2) is 0 Å². The molecular weight excluding hydrogens is 255 g/mol. The summed E-state index contributed by atoms with van der Waals surface area (Å²) in [6.07, 6.45) is 0.702. The highest BCUT2D eigenvalue weighted by molar-refractivity contribution is 4.71. The van der Waals surface area contributed by atoms with Gasteiger partial charge in [0.1, 0.15) is 6.61 Å². The van der Waals surface area contributed by atoms with E-state index in [2.05, 4.69) is 26.1 Å². The van der Waals surface area contributed by atoms with Crippen molar-refractivity contribution in [2.24, 2.45) is 5.92 Å². The topological polar surface area (TPSA) is 21.3 Å². The molecule has 0 aromatic rings. The van der Waals surface area contributed by atoms with Gasteiger partial charge in [-0.1, -0.05) is 33.6 Å². The second kappa shape index (κ2) is 10.5. The van der Waals surface area contributed by atoms with Crippen molar-refractivity contribution in [3.63, 3.8) is 0 Å². The van der Waals surface area contributed by atoms with Crippen LogP contribution >= 0.6 is 0 Å². The van der Waals surface area contributed by atoms with Crippen LogP contribution < -0.4 is 5.32 Å². The molecule has 0 rings (SSSR count). The summed E-state index contributed by atoms with van der Waals surface area (Å²) in [5, 5.41) is 3.40. The molecule has 0 saturated heterocycles. The van der Waals surface area contributed by atoms with Gasteiger partial charge in [0.05, 0.1) is 0 Å². The van der Waals surface area contributed by atoms with E-state index in [1.165, 1.54) is 0 Å². The lowest BCUT2D eigenvalue weighted by molar-refractivity contribution is -0.174. The second-order valence-corrected chi connectivity index (χ2v) is 5.03. The first-order chi connectivity index (χ1) is 8.92. The third-order valence-electron chi connectivity index (χ3n) is 3.33. The summed E-state index contributed by atoms with van der Waals surface area (Å²) in [5.41, 5.74) is 0. The van der Waals surface area contributed by atoms with Crippen LogP contribution in [-0.4, -0.2) is 32.0 Å². The molecule has 0 bridgehead atoms. The molecule has 0 saturated carbocycles. The molecule has 1 N–H and O–H groups in total. The number of rotatable bonds is 11. The van der Waals surface area contributed by atoms with Crippen molar-refractivity contribution in [3.05, 3.63) is 0 Å². The van der Waals surface area contributed by atoms with Crippen LogP contribution in [0.25, 0.3) is 0 Å². The Labute approximate surface area is 115 Å². The van der Waals surface area contributed by atoms with Gasteiger partial charge in [-0.3, -0.25) is 0 Å². The highest BCUT2D eigenvalue weighted by Gasteiger charge is 2.27. The van der Waals surface area contributed by atoms with E-state index in [-0.39, 0.29) is 12.6 Å². The van der Waals surface area contributed by atoms with E-state index in [4.69, 9.17) is 4.74 Å². The Kier molecular flexibility index (Phi) is 10.3. The van der Waals surface area contributed by atoms with Crippen molar-refractivity contribution in [1.29, 1.82) is 0 Å². The largest absolute Gasteiger partial charge is 0.411 e. The van der Waals surface area contributed by atoms with Crippen molar-refractivity contribution in [1.82, 2.24) is 5.32 Å². The second-order valence-electron chi connectivity index (χ2n) is 5.03. The van der Waals surface area contributed by atoms with E-state index < -0.39 is 12.8 Å². The predicted molar refractivity (Wildman–Crippen MR) is 72.3 cm³/mol. The van der Waals surface area contributed by atoms with Gasteiger partial charge in [0.2, 0.25) is 0 Å². The molecule has 1 atom stereocenters. The Morgan fingerprint density at radius 3 is 2.21 bits per heavy atom. The number of alkyl halides is 3. The van der Waals surface area contributed by atoms with Crippen LogP contribution in [0, 0.1) is 5.92 Å². The summed E-state index contributed by atoms with van der Waals surface area (Å²) >= 11 is 0. The van der Waals surface area contributed by atoms with E-state index in [9.17, 15) is 13.2 Å². The molecule has 0 aliphatic rings. The highest BCUT2D eigenvalue weighted by Crippen LogP contribution is 2.18. The molecule has 0 aliphatic carbocycles. The Morgan fingerprint density at radius 2 is 1.74 bits per heavy atom. The number of nitrogens with one attached hydrogen (secondary N) is 1. The average Bonchev–Trinajstić information content (AvgIpc) is 2.35. The minimum atomic E-state index is -4.22. The van der Waals surface area contributed by atoms with Crippen molar-refractivity contribution in [3.8, 4) is 0 Å². The van der Waals surface area contributed by atoms with Gasteiger partial charge < -0.3 is 10.1 Å². The van der Waals surface area contributed by atoms with Gasteiger partial charge in [0.25, 0.3) is 0 Å². The number of halogens is 3. The molecule has 116 valence electrons. The van der Waals surface area contributed by atoms with Crippen LogP contribution in [0.15, 0.2) is 0 Å². The predicted octanol–water partition coefficient (Wildman–Crippen LogP) is 4.15. The molecule has 2 nitrogen and oxygen atoms in total. The first-order valence-electron chi connectivity index (χ1n) is 7.30. The number of hydrogen-bond donors (Lipinski definition) is 1. The summed E-state index contributed by atoms with van der Waals surface area (Å²) in [5.74, 6) is 0.636. The normalized spacial score (nSPS) is 14.1. The molecular formula is C14H28F3NO. The van der Waals surface area contributed by atoms with Gasteiger partial charge in [-0.15, -0.1) is 0 Å². The molecule has 0 amide bonds. The van der Waals surface area contributed by atoms with E-state index in [1.54, 1.807) is 0 Å². The summed E-state index contributed by atoms with van der Waals surface area (Å²) < 4.78 is 40.6. The molecule has 1 unspecified atom stereocenters. The lowest BCUT2D eigenvalue weighted by atomic mass is 9.93. The van der Waals surface area contributed by atoms with Gasteiger partial charge in [-0.05, 0) is 31.7 Å². The van der Waals surface area contributed by atoms with Gasteiger partial charge in [0.15, 0.2) is 0 Å². The van der Waals surface area contributed by atoms with Gasteiger partial charge in [0, 0.05) is 12.6 Å². The van der Waals surface area contributed by atoms with Gasteiger partial charge in [-0.2, -0.15) is 13.2 Å². The van der Waals surface area contributed by atoms with Crippen LogP contribution in [0.1, 0.15) is 52.9 Å². The molecule has 0 aromatic heterocycles. The molecule has 0 fully saturated rings. The van der Waals surface area contributed by atoms with E-state index in [0.717, 1.165) is 32.2 Å². The minimum Gasteiger partial charge on any atom is -0.372 e. The Morgan fingerprint density at radius 1 is 1.11 bits per heavy atom. The zero-order valence-corrected chi connectivity index (χ0v) is 12.4. The fourth-order valence-electron chi connectivity index (χ4n) is 2.09. The maximum absolute atomic E-state index is 12.0. The van der Waals surface area contributed by atoms with Crippen LogP contribution in [0.2, 0.25) is 0 Å². The Balaban J connectivity index is 3.98. The van der Waals surface area contributed by atoms with Crippen molar-refractivity contribution in [2.75, 3.05) is 19.8 Å². The molecule has 0 radical (unpaired) electrons. The van der Waals surface area contributed by atoms with Gasteiger partial charge >= 0.3 is 6.18 Å². The number of hydrogen-bond acceptors (Lipinski definition) is 2. The van der Waals surface area contributed by atoms with Crippen LogP contribution in [-0.2, 0) is 4.74 Å². The molecule has 0 aliphatic heterocycles. The molecule has 19 heavy (non-hydrogen) atoms. The average molecular weight is 283 g/mol. The lowest BCUT2D eigenvalue weighted by Crippen LogP contribution is -2.33. The first-order valence-corrected chi connectivity index (χ1v) is 7.30. The minimum absolute atomic E-state index is 0.168. The van der Waals surface area contributed by atoms with Crippen molar-refractivity contribution < 1.29 is 17.9 Å². The van der Waals surface area contributed by atoms with Crippen molar-refractivity contribution >= 4 is 0 Å².